The molecule has 98 valence electrons. The van der Waals surface area contributed by atoms with Crippen molar-refractivity contribution >= 4 is 34.0 Å². The minimum Gasteiger partial charge on any atom is -0.478 e. The van der Waals surface area contributed by atoms with E-state index in [4.69, 9.17) is 5.11 Å². The number of nitrogens with one attached hydrogen (secondary N) is 2. The third-order valence-electron chi connectivity index (χ3n) is 2.41. The second-order valence-electron chi connectivity index (χ2n) is 3.74. The highest BCUT2D eigenvalue weighted by Gasteiger charge is 2.14. The van der Waals surface area contributed by atoms with E-state index in [1.807, 2.05) is 6.92 Å². The summed E-state index contributed by atoms with van der Waals surface area (Å²) in [5.74, 6) is -1.07. The number of rotatable bonds is 3. The standard InChI is InChI=1S/C12H11N3O3S/c1-7-2-4-13-6-9(7)14-12(18)15-10-8(11(16)17)3-5-19-10/h2-6H,1H3,(H,16,17)(H2,14,15,18). The van der Waals surface area contributed by atoms with E-state index in [9.17, 15) is 9.59 Å². The summed E-state index contributed by atoms with van der Waals surface area (Å²) in [6.07, 6.45) is 3.15. The van der Waals surface area contributed by atoms with E-state index in [0.717, 1.165) is 16.9 Å². The zero-order valence-electron chi connectivity index (χ0n) is 10.0. The van der Waals surface area contributed by atoms with E-state index in [2.05, 4.69) is 15.6 Å². The lowest BCUT2D eigenvalue weighted by molar-refractivity contribution is 0.0698. The Bertz CT molecular complexity index is 624. The monoisotopic (exact) mass is 277 g/mol. The van der Waals surface area contributed by atoms with E-state index in [-0.39, 0.29) is 5.56 Å². The Morgan fingerprint density at radius 3 is 2.79 bits per heavy atom. The summed E-state index contributed by atoms with van der Waals surface area (Å²) in [4.78, 5) is 26.6. The van der Waals surface area contributed by atoms with E-state index >= 15 is 0 Å². The number of carboxylic acid groups (broad SMARTS) is 1. The van der Waals surface area contributed by atoms with Crippen molar-refractivity contribution in [2.24, 2.45) is 0 Å². The molecule has 0 unspecified atom stereocenters. The van der Waals surface area contributed by atoms with E-state index in [1.54, 1.807) is 17.6 Å². The molecule has 0 bridgehead atoms. The molecule has 2 amide bonds. The fourth-order valence-electron chi connectivity index (χ4n) is 1.43. The van der Waals surface area contributed by atoms with Crippen LogP contribution in [-0.2, 0) is 0 Å². The van der Waals surface area contributed by atoms with Gasteiger partial charge in [-0.05, 0) is 30.0 Å². The number of carbonyl (C=O) groups is 2. The highest BCUT2D eigenvalue weighted by Crippen LogP contribution is 2.23. The van der Waals surface area contributed by atoms with Crippen LogP contribution in [-0.4, -0.2) is 22.1 Å². The molecule has 0 atom stereocenters. The average Bonchev–Trinajstić information content (AvgIpc) is 2.80. The SMILES string of the molecule is Cc1ccncc1NC(=O)Nc1sccc1C(=O)O. The van der Waals surface area contributed by atoms with E-state index in [0.29, 0.717) is 10.7 Å². The summed E-state index contributed by atoms with van der Waals surface area (Å²) in [5, 5.41) is 16.0. The van der Waals surface area contributed by atoms with Crippen LogP contribution in [0.1, 0.15) is 15.9 Å². The first-order valence-corrected chi connectivity index (χ1v) is 6.25. The number of nitrogens with zero attached hydrogens (tertiary/aromatic N) is 1. The number of carboxylic acids is 1. The van der Waals surface area contributed by atoms with Crippen molar-refractivity contribution in [2.45, 2.75) is 6.92 Å². The lowest BCUT2D eigenvalue weighted by Gasteiger charge is -2.08. The van der Waals surface area contributed by atoms with Crippen molar-refractivity contribution in [3.05, 3.63) is 41.0 Å². The summed E-state index contributed by atoms with van der Waals surface area (Å²) < 4.78 is 0. The molecule has 0 spiro atoms. The van der Waals surface area contributed by atoms with Gasteiger partial charge < -0.3 is 10.4 Å². The molecule has 6 nitrogen and oxygen atoms in total. The number of hydrogen-bond donors (Lipinski definition) is 3. The Morgan fingerprint density at radius 1 is 1.32 bits per heavy atom. The third-order valence-corrected chi connectivity index (χ3v) is 3.24. The van der Waals surface area contributed by atoms with Gasteiger partial charge in [-0.2, -0.15) is 0 Å². The molecular weight excluding hydrogens is 266 g/mol. The Kier molecular flexibility index (Phi) is 3.76. The number of pyridine rings is 1. The minimum atomic E-state index is -1.07. The summed E-state index contributed by atoms with van der Waals surface area (Å²) in [6, 6.07) is 2.71. The number of hydrogen-bond acceptors (Lipinski definition) is 4. The molecule has 0 aliphatic carbocycles. The topological polar surface area (TPSA) is 91.3 Å². The first-order chi connectivity index (χ1) is 9.08. The minimum absolute atomic E-state index is 0.0723. The van der Waals surface area contributed by atoms with Gasteiger partial charge in [0.2, 0.25) is 0 Å². The van der Waals surface area contributed by atoms with Gasteiger partial charge in [0.25, 0.3) is 0 Å². The lowest BCUT2D eigenvalue weighted by Crippen LogP contribution is -2.20. The molecule has 0 fully saturated rings. The van der Waals surface area contributed by atoms with E-state index in [1.165, 1.54) is 12.3 Å². The van der Waals surface area contributed by atoms with Gasteiger partial charge in [0.1, 0.15) is 5.00 Å². The summed E-state index contributed by atoms with van der Waals surface area (Å²) >= 11 is 1.15. The van der Waals surface area contributed by atoms with Crippen LogP contribution in [0.2, 0.25) is 0 Å². The zero-order chi connectivity index (χ0) is 13.8. The number of aryl methyl sites for hydroxylation is 1. The maximum absolute atomic E-state index is 11.8. The number of thiophene rings is 1. The van der Waals surface area contributed by atoms with Crippen LogP contribution in [0.3, 0.4) is 0 Å². The van der Waals surface area contributed by atoms with Crippen LogP contribution in [0.15, 0.2) is 29.9 Å². The van der Waals surface area contributed by atoms with Crippen molar-refractivity contribution in [3.8, 4) is 0 Å². The smallest absolute Gasteiger partial charge is 0.338 e. The van der Waals surface area contributed by atoms with Gasteiger partial charge in [0, 0.05) is 6.20 Å². The third kappa shape index (κ3) is 3.08. The second-order valence-corrected chi connectivity index (χ2v) is 4.65. The number of carbonyl (C=O) groups excluding carboxylic acids is 1. The molecule has 2 heterocycles. The molecule has 2 aromatic rings. The number of urea groups is 1. The molecule has 0 saturated carbocycles. The molecule has 0 radical (unpaired) electrons. The van der Waals surface area contributed by atoms with Gasteiger partial charge >= 0.3 is 12.0 Å². The summed E-state index contributed by atoms with van der Waals surface area (Å²) in [5.41, 5.74) is 1.52. The van der Waals surface area contributed by atoms with Crippen LogP contribution in [0.25, 0.3) is 0 Å². The van der Waals surface area contributed by atoms with Crippen molar-refractivity contribution in [1.82, 2.24) is 4.98 Å². The Balaban J connectivity index is 2.08. The first kappa shape index (κ1) is 13.0. The molecule has 2 aromatic heterocycles. The number of aromatic carboxylic acids is 1. The summed E-state index contributed by atoms with van der Waals surface area (Å²) in [6.45, 7) is 1.84. The Labute approximate surface area is 113 Å². The van der Waals surface area contributed by atoms with E-state index < -0.39 is 12.0 Å². The molecule has 0 aromatic carbocycles. The predicted molar refractivity (Wildman–Crippen MR) is 72.9 cm³/mol. The van der Waals surface area contributed by atoms with Crippen LogP contribution in [0.5, 0.6) is 0 Å². The average molecular weight is 277 g/mol. The highest BCUT2D eigenvalue weighted by atomic mass is 32.1. The molecule has 19 heavy (non-hydrogen) atoms. The highest BCUT2D eigenvalue weighted by molar-refractivity contribution is 7.14. The molecule has 2 rings (SSSR count). The van der Waals surface area contributed by atoms with Gasteiger partial charge in [-0.3, -0.25) is 10.3 Å². The van der Waals surface area contributed by atoms with Crippen LogP contribution in [0.4, 0.5) is 15.5 Å². The van der Waals surface area contributed by atoms with Gasteiger partial charge in [0.05, 0.1) is 17.4 Å². The molecular formula is C12H11N3O3S. The lowest BCUT2D eigenvalue weighted by atomic mass is 10.2. The first-order valence-electron chi connectivity index (χ1n) is 5.37. The fraction of sp³-hybridized carbons (Fsp3) is 0.0833. The molecule has 3 N–H and O–H groups in total. The molecule has 0 saturated heterocycles. The van der Waals surface area contributed by atoms with Crippen molar-refractivity contribution in [2.75, 3.05) is 10.6 Å². The Morgan fingerprint density at radius 2 is 2.11 bits per heavy atom. The van der Waals surface area contributed by atoms with Gasteiger partial charge in [-0.1, -0.05) is 0 Å². The van der Waals surface area contributed by atoms with Crippen LogP contribution >= 0.6 is 11.3 Å². The van der Waals surface area contributed by atoms with Crippen molar-refractivity contribution in [1.29, 1.82) is 0 Å². The maximum atomic E-state index is 11.8. The number of amides is 2. The second kappa shape index (κ2) is 5.49. The predicted octanol–water partition coefficient (Wildman–Crippen LogP) is 2.79. The largest absolute Gasteiger partial charge is 0.478 e. The molecule has 0 aliphatic rings. The number of aromatic nitrogens is 1. The van der Waals surface area contributed by atoms with Crippen molar-refractivity contribution < 1.29 is 14.7 Å². The molecule has 7 heteroatoms. The molecule has 0 aliphatic heterocycles. The van der Waals surface area contributed by atoms with Crippen molar-refractivity contribution in [3.63, 3.8) is 0 Å². The maximum Gasteiger partial charge on any atom is 0.338 e. The zero-order valence-corrected chi connectivity index (χ0v) is 10.8. The Hall–Kier alpha value is -2.41. The van der Waals surface area contributed by atoms with Gasteiger partial charge in [-0.15, -0.1) is 11.3 Å². The van der Waals surface area contributed by atoms with Gasteiger partial charge in [0.15, 0.2) is 0 Å². The summed E-state index contributed by atoms with van der Waals surface area (Å²) in [7, 11) is 0. The quantitative estimate of drug-likeness (QED) is 0.804. The number of anilines is 2. The van der Waals surface area contributed by atoms with Crippen LogP contribution in [0, 0.1) is 6.92 Å². The fourth-order valence-corrected chi connectivity index (χ4v) is 2.20. The van der Waals surface area contributed by atoms with Crippen LogP contribution < -0.4 is 10.6 Å². The van der Waals surface area contributed by atoms with Gasteiger partial charge in [-0.25, -0.2) is 9.59 Å². The normalized spacial score (nSPS) is 9.95.